The summed E-state index contributed by atoms with van der Waals surface area (Å²) in [6.07, 6.45) is 3.82. The monoisotopic (exact) mass is 665 g/mol. The van der Waals surface area contributed by atoms with Gasteiger partial charge in [0.15, 0.2) is 5.69 Å². The summed E-state index contributed by atoms with van der Waals surface area (Å²) in [6, 6.07) is 3.95. The Kier molecular flexibility index (Phi) is 9.76. The number of nitrogens with one attached hydrogen (secondary N) is 1. The van der Waals surface area contributed by atoms with E-state index in [-0.39, 0.29) is 41.6 Å². The fourth-order valence-corrected chi connectivity index (χ4v) is 6.91. The highest BCUT2D eigenvalue weighted by Gasteiger charge is 2.54. The highest BCUT2D eigenvalue weighted by Crippen LogP contribution is 2.57. The molecule has 0 unspecified atom stereocenters. The summed E-state index contributed by atoms with van der Waals surface area (Å²) >= 11 is 0. The Morgan fingerprint density at radius 2 is 1.92 bits per heavy atom. The molecule has 3 fully saturated rings. The van der Waals surface area contributed by atoms with E-state index in [9.17, 15) is 19.6 Å². The Labute approximate surface area is 278 Å². The maximum Gasteiger partial charge on any atom is 0.408 e. The minimum absolute atomic E-state index is 0.105. The molecule has 48 heavy (non-hydrogen) atoms. The number of carbonyl (C=O) groups is 3. The van der Waals surface area contributed by atoms with Crippen molar-refractivity contribution in [3.05, 3.63) is 54.8 Å². The molecule has 0 spiro atoms. The van der Waals surface area contributed by atoms with Gasteiger partial charge >= 0.3 is 18.0 Å². The van der Waals surface area contributed by atoms with Crippen molar-refractivity contribution >= 4 is 29.0 Å². The topological polar surface area (TPSA) is 144 Å². The summed E-state index contributed by atoms with van der Waals surface area (Å²) < 4.78 is 46.9. The maximum atomic E-state index is 15.0. The predicted octanol–water partition coefficient (Wildman–Crippen LogP) is 5.43. The van der Waals surface area contributed by atoms with Crippen LogP contribution in [0.1, 0.15) is 64.1 Å². The van der Waals surface area contributed by atoms with Crippen molar-refractivity contribution in [1.82, 2.24) is 20.2 Å². The van der Waals surface area contributed by atoms with E-state index < -0.39 is 59.1 Å². The Balaban J connectivity index is 1.38. The van der Waals surface area contributed by atoms with Crippen LogP contribution in [0.25, 0.3) is 11.0 Å². The lowest BCUT2D eigenvalue weighted by atomic mass is 9.85. The van der Waals surface area contributed by atoms with Gasteiger partial charge in [-0.05, 0) is 73.1 Å². The fourth-order valence-electron chi connectivity index (χ4n) is 6.91. The number of methoxy groups -OCH3 is 1. The van der Waals surface area contributed by atoms with Gasteiger partial charge in [0.05, 0.1) is 36.3 Å². The Morgan fingerprint density at radius 1 is 1.17 bits per heavy atom. The smallest absolute Gasteiger partial charge is 0.408 e. The maximum absolute atomic E-state index is 15.0. The quantitative estimate of drug-likeness (QED) is 0.245. The Morgan fingerprint density at radius 3 is 2.56 bits per heavy atom. The van der Waals surface area contributed by atoms with Crippen molar-refractivity contribution in [1.29, 1.82) is 5.26 Å². The summed E-state index contributed by atoms with van der Waals surface area (Å²) in [5, 5.41) is 12.1. The summed E-state index contributed by atoms with van der Waals surface area (Å²) in [5.41, 5.74) is -1.12. The van der Waals surface area contributed by atoms with Crippen LogP contribution < -0.4 is 10.1 Å². The first kappa shape index (κ1) is 34.7. The second-order valence-electron chi connectivity index (χ2n) is 13.8. The number of hydrogen-bond donors (Lipinski definition) is 1. The molecule has 1 aliphatic heterocycles. The van der Waals surface area contributed by atoms with Crippen LogP contribution in [0, 0.1) is 34.5 Å². The molecule has 2 aliphatic carbocycles. The first-order chi connectivity index (χ1) is 22.7. The normalized spacial score (nSPS) is 25.4. The number of fused-ring (bicyclic) bond motifs is 2. The molecule has 13 heteroatoms. The summed E-state index contributed by atoms with van der Waals surface area (Å²) in [4.78, 5) is 49.9. The summed E-state index contributed by atoms with van der Waals surface area (Å²) in [5.74, 6) is -4.15. The van der Waals surface area contributed by atoms with Crippen LogP contribution in [0.4, 0.5) is 13.6 Å². The Bertz CT molecular complexity index is 1650. The van der Waals surface area contributed by atoms with Crippen molar-refractivity contribution < 1.29 is 37.4 Å². The third kappa shape index (κ3) is 7.12. The largest absolute Gasteiger partial charge is 0.471 e. The number of aromatic nitrogens is 2. The molecule has 1 aromatic carbocycles. The number of nitriles is 1. The fraction of sp³-hybridized carbons (Fsp3) is 0.543. The van der Waals surface area contributed by atoms with Crippen molar-refractivity contribution in [2.24, 2.45) is 23.2 Å². The lowest BCUT2D eigenvalue weighted by Gasteiger charge is -2.35. The molecule has 2 saturated carbocycles. The second kappa shape index (κ2) is 13.5. The van der Waals surface area contributed by atoms with Crippen molar-refractivity contribution in [3.8, 4) is 11.9 Å². The first-order valence-corrected chi connectivity index (χ1v) is 16.1. The molecule has 0 radical (unpaired) electrons. The average Bonchev–Trinajstić information content (AvgIpc) is 3.54. The number of carbonyl (C=O) groups excluding carboxylic acids is 3. The third-order valence-corrected chi connectivity index (χ3v) is 9.51. The van der Waals surface area contributed by atoms with Gasteiger partial charge in [0.2, 0.25) is 11.8 Å². The number of amides is 2. The van der Waals surface area contributed by atoms with Crippen LogP contribution >= 0.6 is 0 Å². The molecule has 3 aliphatic rings. The van der Waals surface area contributed by atoms with Gasteiger partial charge in [-0.15, -0.1) is 6.58 Å². The molecule has 1 aromatic heterocycles. The number of hydrogen-bond acceptors (Lipinski definition) is 9. The van der Waals surface area contributed by atoms with Crippen LogP contribution in [-0.4, -0.2) is 70.8 Å². The number of halogens is 2. The number of rotatable bonds is 11. The van der Waals surface area contributed by atoms with E-state index in [1.165, 1.54) is 30.2 Å². The second-order valence-corrected chi connectivity index (χ2v) is 13.8. The van der Waals surface area contributed by atoms with Gasteiger partial charge in [-0.1, -0.05) is 33.4 Å². The number of likely N-dealkylation sites (tertiary alicyclic amines) is 1. The molecule has 2 amide bonds. The van der Waals surface area contributed by atoms with E-state index in [0.29, 0.717) is 17.9 Å². The highest BCUT2D eigenvalue weighted by atomic mass is 19.3. The molecule has 256 valence electrons. The minimum Gasteiger partial charge on any atom is -0.471 e. The van der Waals surface area contributed by atoms with Crippen molar-refractivity contribution in [3.63, 3.8) is 0 Å². The van der Waals surface area contributed by atoms with E-state index in [2.05, 4.69) is 28.4 Å². The highest BCUT2D eigenvalue weighted by molar-refractivity contribution is 5.91. The zero-order valence-electron chi connectivity index (χ0n) is 27.6. The number of ether oxygens (including phenoxy) is 3. The van der Waals surface area contributed by atoms with Gasteiger partial charge in [-0.25, -0.2) is 19.6 Å². The standard InChI is InChI=1S/C35H41F2N5O6/c1-7-9-10-22-23-14-20(23)15-27(22)48-33(45)41-29(34(3,4)5)31(43)42-18-21(16-26(42)32(44)46-6)47-30-28(35(36,37)8-2)39-24-12-11-19(17-38)13-25(24)40-30/h7-8,11-13,20-23,26-27,29H,1-2,9-10,14-16,18H2,3-6H3,(H,41,45)/t20-,21+,22+,23-,26-,27+,29+/m0/s1. The molecule has 2 heterocycles. The molecular formula is C35H41F2N5O6. The lowest BCUT2D eigenvalue weighted by molar-refractivity contribution is -0.152. The Hall–Kier alpha value is -4.60. The molecule has 1 saturated heterocycles. The van der Waals surface area contributed by atoms with E-state index in [1.54, 1.807) is 20.8 Å². The van der Waals surface area contributed by atoms with Crippen LogP contribution in [0.15, 0.2) is 43.5 Å². The molecule has 7 atom stereocenters. The zero-order chi connectivity index (χ0) is 35.0. The molecule has 5 rings (SSSR count). The first-order valence-electron chi connectivity index (χ1n) is 16.1. The molecule has 2 aromatic rings. The van der Waals surface area contributed by atoms with Crippen molar-refractivity contribution in [2.75, 3.05) is 13.7 Å². The van der Waals surface area contributed by atoms with Crippen LogP contribution in [0.3, 0.4) is 0 Å². The van der Waals surface area contributed by atoms with Crippen molar-refractivity contribution in [2.45, 2.75) is 83.1 Å². The average molecular weight is 666 g/mol. The molecule has 1 N–H and O–H groups in total. The predicted molar refractivity (Wildman–Crippen MR) is 171 cm³/mol. The van der Waals surface area contributed by atoms with E-state index in [0.717, 1.165) is 25.7 Å². The van der Waals surface area contributed by atoms with Gasteiger partial charge < -0.3 is 24.4 Å². The lowest BCUT2D eigenvalue weighted by Crippen LogP contribution is -2.57. The van der Waals surface area contributed by atoms with Crippen LogP contribution in [0.2, 0.25) is 0 Å². The van der Waals surface area contributed by atoms with E-state index in [4.69, 9.17) is 14.2 Å². The van der Waals surface area contributed by atoms with E-state index >= 15 is 8.78 Å². The number of alkyl halides is 2. The molecule has 0 bridgehead atoms. The number of benzene rings is 1. The van der Waals surface area contributed by atoms with Gasteiger partial charge in [0.1, 0.15) is 24.3 Å². The van der Waals surface area contributed by atoms with Gasteiger partial charge in [0, 0.05) is 6.42 Å². The SMILES string of the molecule is C=CCC[C@@H]1[C@H]2C[C@H]2C[C@H]1OC(=O)N[C@H](C(=O)N1C[C@H](Oc2nc3cc(C#N)ccc3nc2C(F)(F)C=C)C[C@H]1C(=O)OC)C(C)(C)C. The summed E-state index contributed by atoms with van der Waals surface area (Å²) in [7, 11) is 1.18. The van der Waals surface area contributed by atoms with E-state index in [1.807, 2.05) is 12.1 Å². The zero-order valence-corrected chi connectivity index (χ0v) is 27.6. The van der Waals surface area contributed by atoms with Gasteiger partial charge in [-0.2, -0.15) is 14.0 Å². The molecular weight excluding hydrogens is 624 g/mol. The third-order valence-electron chi connectivity index (χ3n) is 9.51. The van der Waals surface area contributed by atoms with Crippen LogP contribution in [-0.2, 0) is 25.0 Å². The van der Waals surface area contributed by atoms with Crippen LogP contribution in [0.5, 0.6) is 5.88 Å². The minimum atomic E-state index is -3.63. The number of esters is 1. The number of alkyl carbamates (subject to hydrolysis) is 1. The van der Waals surface area contributed by atoms with Gasteiger partial charge in [0.25, 0.3) is 0 Å². The number of allylic oxidation sites excluding steroid dienone is 2. The number of nitrogens with zero attached hydrogens (tertiary/aromatic N) is 4. The summed E-state index contributed by atoms with van der Waals surface area (Å²) in [6.45, 7) is 12.1. The van der Waals surface area contributed by atoms with Gasteiger partial charge in [-0.3, -0.25) is 4.79 Å². The molecule has 11 nitrogen and oxygen atoms in total.